The van der Waals surface area contributed by atoms with Crippen molar-refractivity contribution in [2.45, 2.75) is 26.1 Å². The molecule has 44 heavy (non-hydrogen) atoms. The molecular formula is C31H21F3N6O4. The fraction of sp³-hybridized carbons (Fsp3) is 0.161. The third kappa shape index (κ3) is 4.48. The van der Waals surface area contributed by atoms with Crippen molar-refractivity contribution in [2.75, 3.05) is 16.4 Å². The number of carbonyl (C=O) groups excluding carboxylic acids is 3. The molecule has 0 fully saturated rings. The molecular weight excluding hydrogens is 577 g/mol. The number of fused-ring (bicyclic) bond motifs is 2. The Bertz CT molecular complexity index is 1890. The van der Waals surface area contributed by atoms with E-state index < -0.39 is 35.6 Å². The number of nitriles is 1. The monoisotopic (exact) mass is 598 g/mol. The van der Waals surface area contributed by atoms with Crippen LogP contribution in [-0.2, 0) is 15.7 Å². The summed E-state index contributed by atoms with van der Waals surface area (Å²) in [5, 5.41) is 13.8. The van der Waals surface area contributed by atoms with Crippen LogP contribution in [0.4, 0.5) is 30.8 Å². The third-order valence-corrected chi connectivity index (χ3v) is 7.32. The van der Waals surface area contributed by atoms with Gasteiger partial charge in [0, 0.05) is 11.4 Å². The lowest BCUT2D eigenvalue weighted by Gasteiger charge is -2.35. The molecule has 0 saturated carbocycles. The van der Waals surface area contributed by atoms with Crippen LogP contribution in [0.1, 0.15) is 57.3 Å². The minimum Gasteiger partial charge on any atom is -0.463 e. The Kier molecular flexibility index (Phi) is 6.76. The van der Waals surface area contributed by atoms with Crippen LogP contribution >= 0.6 is 0 Å². The average Bonchev–Trinajstić information content (AvgIpc) is 3.54. The number of imide groups is 1. The van der Waals surface area contributed by atoms with E-state index in [2.05, 4.69) is 10.1 Å². The van der Waals surface area contributed by atoms with Gasteiger partial charge in [0.1, 0.15) is 6.04 Å². The topological polar surface area (TPSA) is 121 Å². The minimum absolute atomic E-state index is 0.0000342. The quantitative estimate of drug-likeness (QED) is 0.217. The number of nitrogens with zero attached hydrogens (tertiary/aromatic N) is 6. The smallest absolute Gasteiger partial charge is 0.416 e. The van der Waals surface area contributed by atoms with Crippen molar-refractivity contribution in [1.82, 2.24) is 14.8 Å². The second-order valence-electron chi connectivity index (χ2n) is 9.89. The number of carbonyl (C=O) groups is 3. The first-order valence-corrected chi connectivity index (χ1v) is 13.3. The standard InChI is InChI=1S/C31H21F3N6O4/c1-3-44-28(43)24-17(2)38(21-8-6-7-20(15-21)31(32,33)34)30-36-29(39-26(41)22-9-4-5-10-23(22)27(39)42)37-40(30)25(24)19-13-11-18(16-35)12-14-19/h4-15,25H,3H2,1-2H3. The Morgan fingerprint density at radius 1 is 0.977 bits per heavy atom. The lowest BCUT2D eigenvalue weighted by atomic mass is 9.94. The number of allylic oxidation sites excluding steroid dienone is 1. The van der Waals surface area contributed by atoms with Crippen molar-refractivity contribution in [3.05, 3.63) is 112 Å². The summed E-state index contributed by atoms with van der Waals surface area (Å²) in [6, 6.07) is 17.9. The highest BCUT2D eigenvalue weighted by molar-refractivity contribution is 6.33. The molecule has 2 aliphatic heterocycles. The number of rotatable bonds is 5. The first-order valence-electron chi connectivity index (χ1n) is 13.3. The van der Waals surface area contributed by atoms with Gasteiger partial charge in [-0.25, -0.2) is 14.4 Å². The molecule has 1 atom stereocenters. The third-order valence-electron chi connectivity index (χ3n) is 7.32. The van der Waals surface area contributed by atoms with Crippen molar-refractivity contribution in [3.8, 4) is 6.07 Å². The molecule has 0 N–H and O–H groups in total. The van der Waals surface area contributed by atoms with Gasteiger partial charge >= 0.3 is 12.1 Å². The van der Waals surface area contributed by atoms with Crippen molar-refractivity contribution in [1.29, 1.82) is 5.26 Å². The summed E-state index contributed by atoms with van der Waals surface area (Å²) in [5.74, 6) is -2.51. The Morgan fingerprint density at radius 2 is 1.64 bits per heavy atom. The van der Waals surface area contributed by atoms with Gasteiger partial charge in [0.25, 0.3) is 17.8 Å². The molecule has 220 valence electrons. The maximum atomic E-state index is 13.8. The molecule has 0 bridgehead atoms. The zero-order valence-electron chi connectivity index (χ0n) is 23.2. The highest BCUT2D eigenvalue weighted by atomic mass is 19.4. The fourth-order valence-electron chi connectivity index (χ4n) is 5.33. The normalized spacial score (nSPS) is 16.1. The summed E-state index contributed by atoms with van der Waals surface area (Å²) in [4.78, 5) is 46.8. The van der Waals surface area contributed by atoms with Crippen LogP contribution in [0.5, 0.6) is 0 Å². The lowest BCUT2D eigenvalue weighted by Crippen LogP contribution is -2.34. The first-order chi connectivity index (χ1) is 21.0. The molecule has 1 unspecified atom stereocenters. The molecule has 3 aromatic carbocycles. The molecule has 2 amide bonds. The molecule has 1 aromatic heterocycles. The summed E-state index contributed by atoms with van der Waals surface area (Å²) in [6.07, 6.45) is -4.67. The van der Waals surface area contributed by atoms with Crippen molar-refractivity contribution in [3.63, 3.8) is 0 Å². The van der Waals surface area contributed by atoms with Gasteiger partial charge < -0.3 is 4.74 Å². The van der Waals surface area contributed by atoms with Crippen molar-refractivity contribution in [2.24, 2.45) is 0 Å². The van der Waals surface area contributed by atoms with E-state index in [0.717, 1.165) is 17.0 Å². The molecule has 10 nitrogen and oxygen atoms in total. The van der Waals surface area contributed by atoms with Crippen LogP contribution in [0.2, 0.25) is 0 Å². The summed E-state index contributed by atoms with van der Waals surface area (Å²) < 4.78 is 47.9. The maximum Gasteiger partial charge on any atom is 0.416 e. The molecule has 0 saturated heterocycles. The Morgan fingerprint density at radius 3 is 2.23 bits per heavy atom. The first kappa shape index (κ1) is 28.4. The van der Waals surface area contributed by atoms with Gasteiger partial charge in [0.2, 0.25) is 5.95 Å². The number of hydrogen-bond donors (Lipinski definition) is 0. The summed E-state index contributed by atoms with van der Waals surface area (Å²) in [7, 11) is 0. The number of ether oxygens (including phenoxy) is 1. The van der Waals surface area contributed by atoms with Gasteiger partial charge in [-0.1, -0.05) is 30.3 Å². The van der Waals surface area contributed by atoms with E-state index in [1.807, 2.05) is 6.07 Å². The Balaban J connectivity index is 1.61. The predicted molar refractivity (Wildman–Crippen MR) is 150 cm³/mol. The Hall–Kier alpha value is -5.77. The van der Waals surface area contributed by atoms with Crippen molar-refractivity contribution >= 4 is 35.4 Å². The number of halogens is 3. The van der Waals surface area contributed by atoms with E-state index >= 15 is 0 Å². The summed E-state index contributed by atoms with van der Waals surface area (Å²) in [6.45, 7) is 3.14. The number of amides is 2. The second-order valence-corrected chi connectivity index (χ2v) is 9.89. The van der Waals surface area contributed by atoms with Gasteiger partial charge in [-0.05, 0) is 61.9 Å². The maximum absolute atomic E-state index is 13.8. The van der Waals surface area contributed by atoms with Gasteiger partial charge in [0.15, 0.2) is 0 Å². The van der Waals surface area contributed by atoms with Crippen molar-refractivity contribution < 1.29 is 32.3 Å². The molecule has 13 heteroatoms. The molecule has 3 heterocycles. The van der Waals surface area contributed by atoms with Crippen LogP contribution in [-0.4, -0.2) is 39.2 Å². The Labute approximate surface area is 248 Å². The van der Waals surface area contributed by atoms with Crippen LogP contribution in [0.3, 0.4) is 0 Å². The minimum atomic E-state index is -4.67. The number of alkyl halides is 3. The lowest BCUT2D eigenvalue weighted by molar-refractivity contribution is -0.139. The van der Waals surface area contributed by atoms with Crippen LogP contribution in [0, 0.1) is 11.3 Å². The molecule has 0 radical (unpaired) electrons. The number of aromatic nitrogens is 3. The largest absolute Gasteiger partial charge is 0.463 e. The zero-order chi connectivity index (χ0) is 31.3. The fourth-order valence-corrected chi connectivity index (χ4v) is 5.33. The highest BCUT2D eigenvalue weighted by Crippen LogP contribution is 2.45. The van der Waals surface area contributed by atoms with E-state index in [4.69, 9.17) is 4.74 Å². The van der Waals surface area contributed by atoms with Gasteiger partial charge in [-0.2, -0.15) is 23.4 Å². The zero-order valence-corrected chi connectivity index (χ0v) is 23.2. The van der Waals surface area contributed by atoms with Gasteiger partial charge in [0.05, 0.1) is 40.5 Å². The van der Waals surface area contributed by atoms with E-state index in [-0.39, 0.29) is 46.6 Å². The predicted octanol–water partition coefficient (Wildman–Crippen LogP) is 5.55. The summed E-state index contributed by atoms with van der Waals surface area (Å²) in [5.41, 5.74) is 0.372. The van der Waals surface area contributed by atoms with Gasteiger partial charge in [-0.15, -0.1) is 5.10 Å². The van der Waals surface area contributed by atoms with Gasteiger partial charge in [-0.3, -0.25) is 14.5 Å². The van der Waals surface area contributed by atoms with E-state index in [9.17, 15) is 32.8 Å². The number of esters is 1. The van der Waals surface area contributed by atoms with E-state index in [1.54, 1.807) is 31.2 Å². The average molecular weight is 599 g/mol. The molecule has 2 aliphatic rings. The second kappa shape index (κ2) is 10.5. The van der Waals surface area contributed by atoms with Crippen LogP contribution < -0.4 is 9.80 Å². The van der Waals surface area contributed by atoms with E-state index in [0.29, 0.717) is 11.1 Å². The molecule has 0 spiro atoms. The number of benzene rings is 3. The van der Waals surface area contributed by atoms with Crippen LogP contribution in [0.25, 0.3) is 0 Å². The number of anilines is 3. The highest BCUT2D eigenvalue weighted by Gasteiger charge is 2.44. The SMILES string of the molecule is CCOC(=O)C1=C(C)N(c2cccc(C(F)(F)F)c2)c2nc(N3C(=O)c4ccccc4C3=O)nn2C1c1ccc(C#N)cc1. The van der Waals surface area contributed by atoms with E-state index in [1.165, 1.54) is 52.9 Å². The summed E-state index contributed by atoms with van der Waals surface area (Å²) >= 11 is 0. The number of hydrogen-bond acceptors (Lipinski definition) is 8. The molecule has 6 rings (SSSR count). The molecule has 0 aliphatic carbocycles. The van der Waals surface area contributed by atoms with Crippen LogP contribution in [0.15, 0.2) is 84.1 Å². The molecule has 4 aromatic rings.